The van der Waals surface area contributed by atoms with E-state index in [1.807, 2.05) is 0 Å². The van der Waals surface area contributed by atoms with Gasteiger partial charge in [0, 0.05) is 12.6 Å². The summed E-state index contributed by atoms with van der Waals surface area (Å²) < 4.78 is 0. The summed E-state index contributed by atoms with van der Waals surface area (Å²) in [6, 6.07) is 8.84. The summed E-state index contributed by atoms with van der Waals surface area (Å²) in [6.45, 7) is 10.8. The van der Waals surface area contributed by atoms with E-state index in [0.29, 0.717) is 0 Å². The van der Waals surface area contributed by atoms with Gasteiger partial charge in [-0.1, -0.05) is 45.0 Å². The molecule has 0 spiro atoms. The molecule has 0 saturated carbocycles. The number of hydrogen-bond acceptors (Lipinski definition) is 2. The van der Waals surface area contributed by atoms with E-state index in [1.165, 1.54) is 11.1 Å². The number of nitrogens with two attached hydrogens (primary N) is 1. The second kappa shape index (κ2) is 6.35. The normalized spacial score (nSPS) is 13.9. The molecule has 0 aromatic heterocycles. The minimum atomic E-state index is 0.198. The molecule has 2 N–H and O–H groups in total. The average Bonchev–Trinajstić information content (AvgIpc) is 2.27. The zero-order chi connectivity index (χ0) is 13.8. The van der Waals surface area contributed by atoms with Gasteiger partial charge in [-0.05, 0) is 43.5 Å². The molecular formula is C16H28N2. The van der Waals surface area contributed by atoms with E-state index in [0.717, 1.165) is 19.5 Å². The molecule has 0 aliphatic rings. The Morgan fingerprint density at radius 3 is 2.39 bits per heavy atom. The minimum Gasteiger partial charge on any atom is -0.327 e. The monoisotopic (exact) mass is 248 g/mol. The summed E-state index contributed by atoms with van der Waals surface area (Å²) in [5.74, 6) is 0. The van der Waals surface area contributed by atoms with Crippen LogP contribution in [0.2, 0.25) is 0 Å². The smallest absolute Gasteiger partial charge is 0.0233 e. The lowest BCUT2D eigenvalue weighted by Gasteiger charge is -2.29. The minimum absolute atomic E-state index is 0.198. The third-order valence-electron chi connectivity index (χ3n) is 3.64. The van der Waals surface area contributed by atoms with Gasteiger partial charge >= 0.3 is 0 Å². The van der Waals surface area contributed by atoms with Crippen LogP contribution in [0, 0.1) is 12.3 Å². The molecule has 2 heteroatoms. The molecule has 0 saturated heterocycles. The lowest BCUT2D eigenvalue weighted by Crippen LogP contribution is -2.38. The Balaban J connectivity index is 2.43. The summed E-state index contributed by atoms with van der Waals surface area (Å²) in [6.07, 6.45) is 1.05. The van der Waals surface area contributed by atoms with Gasteiger partial charge in [-0.15, -0.1) is 0 Å². The summed E-state index contributed by atoms with van der Waals surface area (Å²) in [5.41, 5.74) is 9.17. The van der Waals surface area contributed by atoms with Crippen LogP contribution in [0.15, 0.2) is 24.3 Å². The first-order chi connectivity index (χ1) is 8.30. The van der Waals surface area contributed by atoms with Crippen molar-refractivity contribution in [1.82, 2.24) is 4.90 Å². The quantitative estimate of drug-likeness (QED) is 0.867. The van der Waals surface area contributed by atoms with Crippen LogP contribution in [0.1, 0.15) is 38.3 Å². The second-order valence-corrected chi connectivity index (χ2v) is 6.43. The maximum atomic E-state index is 6.20. The molecule has 1 atom stereocenters. The lowest BCUT2D eigenvalue weighted by atomic mass is 9.85. The summed E-state index contributed by atoms with van der Waals surface area (Å²) in [4.78, 5) is 2.36. The SMILES string of the molecule is Cc1ccccc1CN(C)CCC(N)C(C)(C)C. The van der Waals surface area contributed by atoms with Crippen molar-refractivity contribution < 1.29 is 0 Å². The van der Waals surface area contributed by atoms with E-state index in [-0.39, 0.29) is 11.5 Å². The van der Waals surface area contributed by atoms with Crippen molar-refractivity contribution in [1.29, 1.82) is 0 Å². The van der Waals surface area contributed by atoms with Gasteiger partial charge in [-0.25, -0.2) is 0 Å². The molecule has 0 aliphatic heterocycles. The molecule has 1 unspecified atom stereocenters. The number of rotatable bonds is 5. The predicted molar refractivity (Wildman–Crippen MR) is 79.6 cm³/mol. The van der Waals surface area contributed by atoms with Crippen LogP contribution in [-0.4, -0.2) is 24.5 Å². The lowest BCUT2D eigenvalue weighted by molar-refractivity contribution is 0.251. The zero-order valence-corrected chi connectivity index (χ0v) is 12.5. The molecule has 0 fully saturated rings. The number of hydrogen-bond donors (Lipinski definition) is 1. The Bertz CT molecular complexity index is 366. The van der Waals surface area contributed by atoms with Crippen LogP contribution in [0.5, 0.6) is 0 Å². The van der Waals surface area contributed by atoms with Gasteiger partial charge in [0.1, 0.15) is 0 Å². The van der Waals surface area contributed by atoms with E-state index in [1.54, 1.807) is 0 Å². The molecule has 102 valence electrons. The van der Waals surface area contributed by atoms with Crippen LogP contribution >= 0.6 is 0 Å². The largest absolute Gasteiger partial charge is 0.327 e. The fourth-order valence-corrected chi connectivity index (χ4v) is 1.95. The Morgan fingerprint density at radius 1 is 1.22 bits per heavy atom. The van der Waals surface area contributed by atoms with Crippen LogP contribution < -0.4 is 5.73 Å². The molecule has 1 rings (SSSR count). The van der Waals surface area contributed by atoms with E-state index in [4.69, 9.17) is 5.73 Å². The van der Waals surface area contributed by atoms with E-state index >= 15 is 0 Å². The topological polar surface area (TPSA) is 29.3 Å². The molecular weight excluding hydrogens is 220 g/mol. The highest BCUT2D eigenvalue weighted by atomic mass is 15.1. The second-order valence-electron chi connectivity index (χ2n) is 6.43. The Morgan fingerprint density at radius 2 is 1.83 bits per heavy atom. The molecule has 0 radical (unpaired) electrons. The molecule has 18 heavy (non-hydrogen) atoms. The molecule has 0 heterocycles. The van der Waals surface area contributed by atoms with Crippen LogP contribution in [0.25, 0.3) is 0 Å². The van der Waals surface area contributed by atoms with Gasteiger partial charge in [-0.2, -0.15) is 0 Å². The number of aryl methyl sites for hydroxylation is 1. The van der Waals surface area contributed by atoms with Crippen LogP contribution in [0.4, 0.5) is 0 Å². The summed E-state index contributed by atoms with van der Waals surface area (Å²) in [5, 5.41) is 0. The van der Waals surface area contributed by atoms with Gasteiger partial charge in [-0.3, -0.25) is 0 Å². The molecule has 1 aromatic rings. The van der Waals surface area contributed by atoms with Gasteiger partial charge in [0.2, 0.25) is 0 Å². The first kappa shape index (κ1) is 15.2. The maximum absolute atomic E-state index is 6.20. The van der Waals surface area contributed by atoms with Crippen molar-refractivity contribution in [3.8, 4) is 0 Å². The van der Waals surface area contributed by atoms with Crippen molar-refractivity contribution in [2.75, 3.05) is 13.6 Å². The van der Waals surface area contributed by atoms with Crippen LogP contribution in [0.3, 0.4) is 0 Å². The molecule has 0 bridgehead atoms. The van der Waals surface area contributed by atoms with E-state index < -0.39 is 0 Å². The Kier molecular flexibility index (Phi) is 5.36. The first-order valence-electron chi connectivity index (χ1n) is 6.79. The van der Waals surface area contributed by atoms with Crippen molar-refractivity contribution in [2.24, 2.45) is 11.1 Å². The van der Waals surface area contributed by atoms with Gasteiger partial charge in [0.05, 0.1) is 0 Å². The highest BCUT2D eigenvalue weighted by molar-refractivity contribution is 5.25. The zero-order valence-electron chi connectivity index (χ0n) is 12.5. The fraction of sp³-hybridized carbons (Fsp3) is 0.625. The molecule has 1 aromatic carbocycles. The number of benzene rings is 1. The van der Waals surface area contributed by atoms with Crippen molar-refractivity contribution in [3.63, 3.8) is 0 Å². The fourth-order valence-electron chi connectivity index (χ4n) is 1.95. The summed E-state index contributed by atoms with van der Waals surface area (Å²) in [7, 11) is 2.17. The van der Waals surface area contributed by atoms with Crippen molar-refractivity contribution in [3.05, 3.63) is 35.4 Å². The Hall–Kier alpha value is -0.860. The van der Waals surface area contributed by atoms with Gasteiger partial charge < -0.3 is 10.6 Å². The van der Waals surface area contributed by atoms with E-state index in [9.17, 15) is 0 Å². The van der Waals surface area contributed by atoms with Crippen molar-refractivity contribution >= 4 is 0 Å². The Labute approximate surface area is 112 Å². The molecule has 0 aliphatic carbocycles. The summed E-state index contributed by atoms with van der Waals surface area (Å²) >= 11 is 0. The first-order valence-corrected chi connectivity index (χ1v) is 6.79. The maximum Gasteiger partial charge on any atom is 0.0233 e. The van der Waals surface area contributed by atoms with Crippen LogP contribution in [-0.2, 0) is 6.54 Å². The molecule has 2 nitrogen and oxygen atoms in total. The molecule has 0 amide bonds. The third kappa shape index (κ3) is 4.79. The predicted octanol–water partition coefficient (Wildman–Crippen LogP) is 3.19. The third-order valence-corrected chi connectivity index (χ3v) is 3.64. The number of nitrogens with zero attached hydrogens (tertiary/aromatic N) is 1. The highest BCUT2D eigenvalue weighted by Gasteiger charge is 2.20. The average molecular weight is 248 g/mol. The van der Waals surface area contributed by atoms with Gasteiger partial charge in [0.15, 0.2) is 0 Å². The van der Waals surface area contributed by atoms with Gasteiger partial charge in [0.25, 0.3) is 0 Å². The van der Waals surface area contributed by atoms with E-state index in [2.05, 4.69) is 63.9 Å². The standard InChI is InChI=1S/C16H28N2/c1-13-8-6-7-9-14(13)12-18(5)11-10-15(17)16(2,3)4/h6-9,15H,10-12,17H2,1-5H3. The highest BCUT2D eigenvalue weighted by Crippen LogP contribution is 2.20. The van der Waals surface area contributed by atoms with Crippen molar-refractivity contribution in [2.45, 2.75) is 46.7 Å².